The standard InChI is InChI=1S/C15H23N3OS/c19-15(14-2-1-4-16-10-14)18-7-5-17(6-8-18)11-13-3-9-20-12-13/h3,9,12,14,16H,1-2,4-8,10-11H2/t14-/m1/s1. The van der Waals surface area contributed by atoms with E-state index in [2.05, 4.69) is 31.9 Å². The van der Waals surface area contributed by atoms with Gasteiger partial charge in [-0.05, 0) is 41.8 Å². The van der Waals surface area contributed by atoms with Gasteiger partial charge in [0.05, 0.1) is 5.92 Å². The van der Waals surface area contributed by atoms with Crippen molar-refractivity contribution in [3.63, 3.8) is 0 Å². The summed E-state index contributed by atoms with van der Waals surface area (Å²) in [5.74, 6) is 0.583. The van der Waals surface area contributed by atoms with Crippen molar-refractivity contribution in [1.29, 1.82) is 0 Å². The topological polar surface area (TPSA) is 35.6 Å². The van der Waals surface area contributed by atoms with Gasteiger partial charge in [0.1, 0.15) is 0 Å². The highest BCUT2D eigenvalue weighted by atomic mass is 32.1. The van der Waals surface area contributed by atoms with Gasteiger partial charge in [-0.3, -0.25) is 9.69 Å². The number of amides is 1. The monoisotopic (exact) mass is 293 g/mol. The van der Waals surface area contributed by atoms with Crippen LogP contribution < -0.4 is 5.32 Å². The average Bonchev–Trinajstić information content (AvgIpc) is 3.01. The van der Waals surface area contributed by atoms with Gasteiger partial charge < -0.3 is 10.2 Å². The lowest BCUT2D eigenvalue weighted by Gasteiger charge is -2.37. The Morgan fingerprint density at radius 1 is 1.35 bits per heavy atom. The molecule has 2 aliphatic heterocycles. The van der Waals surface area contributed by atoms with Crippen molar-refractivity contribution in [2.24, 2.45) is 5.92 Å². The number of hydrogen-bond acceptors (Lipinski definition) is 4. The summed E-state index contributed by atoms with van der Waals surface area (Å²) in [5.41, 5.74) is 1.39. The SMILES string of the molecule is O=C([C@@H]1CCCNC1)N1CCN(Cc2ccsc2)CC1. The van der Waals surface area contributed by atoms with Crippen molar-refractivity contribution < 1.29 is 4.79 Å². The third kappa shape index (κ3) is 3.40. The van der Waals surface area contributed by atoms with Crippen LogP contribution in [0.2, 0.25) is 0 Å². The van der Waals surface area contributed by atoms with E-state index in [1.165, 1.54) is 5.56 Å². The smallest absolute Gasteiger partial charge is 0.227 e. The van der Waals surface area contributed by atoms with E-state index in [1.807, 2.05) is 0 Å². The summed E-state index contributed by atoms with van der Waals surface area (Å²) < 4.78 is 0. The van der Waals surface area contributed by atoms with E-state index >= 15 is 0 Å². The molecule has 1 N–H and O–H groups in total. The number of nitrogens with one attached hydrogen (secondary N) is 1. The molecule has 2 fully saturated rings. The minimum absolute atomic E-state index is 0.215. The maximum absolute atomic E-state index is 12.4. The predicted molar refractivity (Wildman–Crippen MR) is 81.8 cm³/mol. The van der Waals surface area contributed by atoms with E-state index in [1.54, 1.807) is 11.3 Å². The van der Waals surface area contributed by atoms with Crippen LogP contribution in [-0.2, 0) is 11.3 Å². The van der Waals surface area contributed by atoms with E-state index < -0.39 is 0 Å². The summed E-state index contributed by atoms with van der Waals surface area (Å²) in [4.78, 5) is 17.0. The number of rotatable bonds is 3. The van der Waals surface area contributed by atoms with Gasteiger partial charge in [-0.2, -0.15) is 11.3 Å². The fourth-order valence-electron chi connectivity index (χ4n) is 3.09. The lowest BCUT2D eigenvalue weighted by Crippen LogP contribution is -2.51. The Balaban J connectivity index is 1.46. The van der Waals surface area contributed by atoms with E-state index in [4.69, 9.17) is 0 Å². The Morgan fingerprint density at radius 2 is 2.20 bits per heavy atom. The molecule has 0 spiro atoms. The third-order valence-corrected chi connectivity index (χ3v) is 5.05. The molecule has 20 heavy (non-hydrogen) atoms. The van der Waals surface area contributed by atoms with E-state index in [0.29, 0.717) is 5.91 Å². The first kappa shape index (κ1) is 14.0. The molecule has 0 radical (unpaired) electrons. The van der Waals surface area contributed by atoms with Crippen LogP contribution in [0.5, 0.6) is 0 Å². The zero-order valence-corrected chi connectivity index (χ0v) is 12.7. The van der Waals surface area contributed by atoms with Gasteiger partial charge in [0.15, 0.2) is 0 Å². The number of hydrogen-bond donors (Lipinski definition) is 1. The molecule has 1 aromatic rings. The molecule has 1 atom stereocenters. The van der Waals surface area contributed by atoms with E-state index in [0.717, 1.165) is 58.7 Å². The summed E-state index contributed by atoms with van der Waals surface area (Å²) >= 11 is 1.75. The number of carbonyl (C=O) groups is 1. The Bertz CT molecular complexity index is 420. The number of carbonyl (C=O) groups excluding carboxylic acids is 1. The molecule has 110 valence electrons. The third-order valence-electron chi connectivity index (χ3n) is 4.32. The molecule has 2 saturated heterocycles. The Morgan fingerprint density at radius 3 is 2.85 bits per heavy atom. The van der Waals surface area contributed by atoms with Gasteiger partial charge in [0.2, 0.25) is 5.91 Å². The molecule has 4 nitrogen and oxygen atoms in total. The second-order valence-electron chi connectivity index (χ2n) is 5.78. The molecule has 1 aromatic heterocycles. The first-order valence-electron chi connectivity index (χ1n) is 7.56. The molecule has 1 amide bonds. The van der Waals surface area contributed by atoms with E-state index in [9.17, 15) is 4.79 Å². The predicted octanol–water partition coefficient (Wildman–Crippen LogP) is 1.39. The summed E-state index contributed by atoms with van der Waals surface area (Å²) in [5, 5.41) is 7.68. The van der Waals surface area contributed by atoms with Gasteiger partial charge >= 0.3 is 0 Å². The summed E-state index contributed by atoms with van der Waals surface area (Å²) in [6.45, 7) is 6.74. The number of thiophene rings is 1. The largest absolute Gasteiger partial charge is 0.340 e. The molecule has 0 bridgehead atoms. The van der Waals surface area contributed by atoms with Crippen LogP contribution in [0.3, 0.4) is 0 Å². The fraction of sp³-hybridized carbons (Fsp3) is 0.667. The molecule has 3 heterocycles. The summed E-state index contributed by atoms with van der Waals surface area (Å²) in [6, 6.07) is 2.19. The molecular formula is C15H23N3OS. The minimum atomic E-state index is 0.215. The minimum Gasteiger partial charge on any atom is -0.340 e. The van der Waals surface area contributed by atoms with Crippen LogP contribution in [0.25, 0.3) is 0 Å². The second kappa shape index (κ2) is 6.70. The van der Waals surface area contributed by atoms with E-state index in [-0.39, 0.29) is 5.92 Å². The molecule has 0 aliphatic carbocycles. The van der Waals surface area contributed by atoms with Gasteiger partial charge in [-0.25, -0.2) is 0 Å². The molecule has 2 aliphatic rings. The fourth-order valence-corrected chi connectivity index (χ4v) is 3.75. The molecule has 0 saturated carbocycles. The van der Waals surface area contributed by atoms with Gasteiger partial charge in [0.25, 0.3) is 0 Å². The Labute approximate surface area is 124 Å². The van der Waals surface area contributed by atoms with Crippen LogP contribution in [-0.4, -0.2) is 55.0 Å². The maximum Gasteiger partial charge on any atom is 0.227 e. The first-order valence-corrected chi connectivity index (χ1v) is 8.50. The molecule has 0 unspecified atom stereocenters. The molecule has 5 heteroatoms. The Hall–Kier alpha value is -0.910. The van der Waals surface area contributed by atoms with Gasteiger partial charge in [0, 0.05) is 39.3 Å². The van der Waals surface area contributed by atoms with Crippen molar-refractivity contribution in [1.82, 2.24) is 15.1 Å². The van der Waals surface area contributed by atoms with Crippen LogP contribution >= 0.6 is 11.3 Å². The normalized spacial score (nSPS) is 24.8. The summed E-state index contributed by atoms with van der Waals surface area (Å²) in [7, 11) is 0. The van der Waals surface area contributed by atoms with Gasteiger partial charge in [-0.15, -0.1) is 0 Å². The maximum atomic E-state index is 12.4. The highest BCUT2D eigenvalue weighted by molar-refractivity contribution is 7.07. The first-order chi connectivity index (χ1) is 9.83. The van der Waals surface area contributed by atoms with Gasteiger partial charge in [-0.1, -0.05) is 0 Å². The zero-order chi connectivity index (χ0) is 13.8. The van der Waals surface area contributed by atoms with Crippen LogP contribution in [0, 0.1) is 5.92 Å². The van der Waals surface area contributed by atoms with Crippen LogP contribution in [0.15, 0.2) is 16.8 Å². The molecular weight excluding hydrogens is 270 g/mol. The molecule has 3 rings (SSSR count). The number of piperidine rings is 1. The van der Waals surface area contributed by atoms with Crippen LogP contribution in [0.4, 0.5) is 0 Å². The quantitative estimate of drug-likeness (QED) is 0.915. The number of nitrogens with zero attached hydrogens (tertiary/aromatic N) is 2. The van der Waals surface area contributed by atoms with Crippen molar-refractivity contribution in [2.45, 2.75) is 19.4 Å². The summed E-state index contributed by atoms with van der Waals surface area (Å²) in [6.07, 6.45) is 2.19. The van der Waals surface area contributed by atoms with Crippen molar-refractivity contribution >= 4 is 17.2 Å². The number of piperazine rings is 1. The van der Waals surface area contributed by atoms with Crippen molar-refractivity contribution in [2.75, 3.05) is 39.3 Å². The Kier molecular flexibility index (Phi) is 4.70. The molecule has 0 aromatic carbocycles. The van der Waals surface area contributed by atoms with Crippen LogP contribution in [0.1, 0.15) is 18.4 Å². The highest BCUT2D eigenvalue weighted by Crippen LogP contribution is 2.16. The zero-order valence-electron chi connectivity index (χ0n) is 11.9. The lowest BCUT2D eigenvalue weighted by molar-refractivity contribution is -0.137. The average molecular weight is 293 g/mol. The highest BCUT2D eigenvalue weighted by Gasteiger charge is 2.28. The lowest BCUT2D eigenvalue weighted by atomic mass is 9.98. The second-order valence-corrected chi connectivity index (χ2v) is 6.56. The van der Waals surface area contributed by atoms with Crippen molar-refractivity contribution in [3.05, 3.63) is 22.4 Å². The van der Waals surface area contributed by atoms with Crippen molar-refractivity contribution in [3.8, 4) is 0 Å².